The van der Waals surface area contributed by atoms with Crippen LogP contribution in [0.1, 0.15) is 12.0 Å². The van der Waals surface area contributed by atoms with Crippen molar-refractivity contribution in [2.75, 3.05) is 25.2 Å². The van der Waals surface area contributed by atoms with E-state index in [0.717, 1.165) is 4.47 Å². The molecule has 0 aliphatic heterocycles. The van der Waals surface area contributed by atoms with Crippen molar-refractivity contribution in [2.24, 2.45) is 0 Å². The standard InChI is InChI=1S/C11H16BrNO3S/c1-16-3-2-4-17(14,15)8-9-5-10(12)7-11(13)6-9/h5-7H,2-4,8,13H2,1H3. The highest BCUT2D eigenvalue weighted by Crippen LogP contribution is 2.19. The first-order chi connectivity index (χ1) is 7.93. The molecular formula is C11H16BrNO3S. The van der Waals surface area contributed by atoms with Gasteiger partial charge in [-0.05, 0) is 30.2 Å². The van der Waals surface area contributed by atoms with Crippen LogP contribution in [-0.4, -0.2) is 27.9 Å². The molecule has 2 N–H and O–H groups in total. The molecule has 0 amide bonds. The minimum atomic E-state index is -3.10. The number of sulfone groups is 1. The van der Waals surface area contributed by atoms with Gasteiger partial charge in [0.25, 0.3) is 0 Å². The molecule has 0 radical (unpaired) electrons. The Morgan fingerprint density at radius 2 is 2.06 bits per heavy atom. The van der Waals surface area contributed by atoms with E-state index in [9.17, 15) is 8.42 Å². The molecule has 0 saturated carbocycles. The van der Waals surface area contributed by atoms with Gasteiger partial charge in [-0.2, -0.15) is 0 Å². The summed E-state index contributed by atoms with van der Waals surface area (Å²) in [5.74, 6) is 0.146. The minimum Gasteiger partial charge on any atom is -0.399 e. The Morgan fingerprint density at radius 1 is 1.35 bits per heavy atom. The molecule has 0 aliphatic carbocycles. The van der Waals surface area contributed by atoms with Gasteiger partial charge in [-0.1, -0.05) is 15.9 Å². The quantitative estimate of drug-likeness (QED) is 0.642. The van der Waals surface area contributed by atoms with Gasteiger partial charge in [-0.3, -0.25) is 0 Å². The van der Waals surface area contributed by atoms with Crippen molar-refractivity contribution in [3.05, 3.63) is 28.2 Å². The number of halogens is 1. The summed E-state index contributed by atoms with van der Waals surface area (Å²) in [6.07, 6.45) is 0.516. The molecule has 4 nitrogen and oxygen atoms in total. The fourth-order valence-corrected chi connectivity index (χ4v) is 3.44. The summed E-state index contributed by atoms with van der Waals surface area (Å²) in [6, 6.07) is 5.18. The van der Waals surface area contributed by atoms with Crippen LogP contribution < -0.4 is 5.73 Å². The Bertz CT molecular complexity index is 453. The van der Waals surface area contributed by atoms with Crippen molar-refractivity contribution in [3.8, 4) is 0 Å². The van der Waals surface area contributed by atoms with E-state index in [1.807, 2.05) is 0 Å². The highest BCUT2D eigenvalue weighted by atomic mass is 79.9. The number of nitrogen functional groups attached to an aromatic ring is 1. The van der Waals surface area contributed by atoms with Crippen LogP contribution in [0.4, 0.5) is 5.69 Å². The van der Waals surface area contributed by atoms with Crippen molar-refractivity contribution in [1.29, 1.82) is 0 Å². The number of ether oxygens (including phenoxy) is 1. The van der Waals surface area contributed by atoms with Crippen LogP contribution in [0.5, 0.6) is 0 Å². The van der Waals surface area contributed by atoms with Gasteiger partial charge in [0.1, 0.15) is 0 Å². The molecule has 0 atom stereocenters. The highest BCUT2D eigenvalue weighted by molar-refractivity contribution is 9.10. The Kier molecular flexibility index (Phi) is 5.42. The van der Waals surface area contributed by atoms with Gasteiger partial charge in [-0.25, -0.2) is 8.42 Å². The average molecular weight is 322 g/mol. The second-order valence-corrected chi connectivity index (χ2v) is 6.93. The Hall–Kier alpha value is -0.590. The molecule has 1 aromatic carbocycles. The van der Waals surface area contributed by atoms with E-state index >= 15 is 0 Å². The zero-order chi connectivity index (χ0) is 12.9. The Morgan fingerprint density at radius 3 is 2.65 bits per heavy atom. The van der Waals surface area contributed by atoms with E-state index in [-0.39, 0.29) is 11.5 Å². The lowest BCUT2D eigenvalue weighted by Crippen LogP contribution is -2.11. The topological polar surface area (TPSA) is 69.4 Å². The first-order valence-corrected chi connectivity index (χ1v) is 7.79. The number of methoxy groups -OCH3 is 1. The summed E-state index contributed by atoms with van der Waals surface area (Å²) in [6.45, 7) is 0.458. The number of rotatable bonds is 6. The lowest BCUT2D eigenvalue weighted by molar-refractivity contribution is 0.199. The van der Waals surface area contributed by atoms with Crippen LogP contribution in [0.3, 0.4) is 0 Å². The first kappa shape index (κ1) is 14.5. The molecule has 0 bridgehead atoms. The SMILES string of the molecule is COCCCS(=O)(=O)Cc1cc(N)cc(Br)c1. The van der Waals surface area contributed by atoms with Crippen molar-refractivity contribution in [1.82, 2.24) is 0 Å². The van der Waals surface area contributed by atoms with Crippen molar-refractivity contribution in [3.63, 3.8) is 0 Å². The second-order valence-electron chi connectivity index (χ2n) is 3.83. The normalized spacial score (nSPS) is 11.6. The van der Waals surface area contributed by atoms with E-state index in [2.05, 4.69) is 15.9 Å². The molecule has 6 heteroatoms. The average Bonchev–Trinajstić information content (AvgIpc) is 2.14. The van der Waals surface area contributed by atoms with E-state index in [0.29, 0.717) is 24.3 Å². The van der Waals surface area contributed by atoms with E-state index in [1.54, 1.807) is 25.3 Å². The number of hydrogen-bond donors (Lipinski definition) is 1. The molecule has 1 aromatic rings. The lowest BCUT2D eigenvalue weighted by Gasteiger charge is -2.06. The molecule has 0 aliphatic rings. The molecule has 0 aromatic heterocycles. The minimum absolute atomic E-state index is 0.0142. The predicted molar refractivity (Wildman–Crippen MR) is 72.5 cm³/mol. The zero-order valence-electron chi connectivity index (χ0n) is 9.65. The van der Waals surface area contributed by atoms with Gasteiger partial charge in [0.05, 0.1) is 11.5 Å². The maximum atomic E-state index is 11.8. The van der Waals surface area contributed by atoms with Crippen molar-refractivity contribution in [2.45, 2.75) is 12.2 Å². The zero-order valence-corrected chi connectivity index (χ0v) is 12.1. The van der Waals surface area contributed by atoms with Crippen LogP contribution in [0.15, 0.2) is 22.7 Å². The Labute approximate surface area is 110 Å². The monoisotopic (exact) mass is 321 g/mol. The molecule has 0 unspecified atom stereocenters. The third kappa shape index (κ3) is 5.52. The molecule has 17 heavy (non-hydrogen) atoms. The largest absolute Gasteiger partial charge is 0.399 e. The molecule has 0 heterocycles. The van der Waals surface area contributed by atoms with E-state index in [1.165, 1.54) is 0 Å². The van der Waals surface area contributed by atoms with Gasteiger partial charge >= 0.3 is 0 Å². The Balaban J connectivity index is 2.69. The lowest BCUT2D eigenvalue weighted by atomic mass is 10.2. The van der Waals surface area contributed by atoms with Gasteiger partial charge in [0.15, 0.2) is 9.84 Å². The molecule has 0 fully saturated rings. The summed E-state index contributed by atoms with van der Waals surface area (Å²) < 4.78 is 29.2. The van der Waals surface area contributed by atoms with Crippen LogP contribution in [-0.2, 0) is 20.3 Å². The smallest absolute Gasteiger partial charge is 0.154 e. The second kappa shape index (κ2) is 6.37. The number of hydrogen-bond acceptors (Lipinski definition) is 4. The third-order valence-corrected chi connectivity index (χ3v) is 4.31. The van der Waals surface area contributed by atoms with Gasteiger partial charge < -0.3 is 10.5 Å². The predicted octanol–water partition coefficient (Wildman–Crippen LogP) is 1.98. The van der Waals surface area contributed by atoms with E-state index in [4.69, 9.17) is 10.5 Å². The summed E-state index contributed by atoms with van der Waals surface area (Å²) in [7, 11) is -1.54. The maximum absolute atomic E-state index is 11.8. The summed E-state index contributed by atoms with van der Waals surface area (Å²) in [5.41, 5.74) is 6.92. The van der Waals surface area contributed by atoms with Crippen LogP contribution >= 0.6 is 15.9 Å². The van der Waals surface area contributed by atoms with Crippen LogP contribution in [0.2, 0.25) is 0 Å². The highest BCUT2D eigenvalue weighted by Gasteiger charge is 2.12. The maximum Gasteiger partial charge on any atom is 0.154 e. The molecule has 1 rings (SSSR count). The van der Waals surface area contributed by atoms with Crippen molar-refractivity contribution >= 4 is 31.5 Å². The molecule has 96 valence electrons. The summed E-state index contributed by atoms with van der Waals surface area (Å²) in [5, 5.41) is 0. The fraction of sp³-hybridized carbons (Fsp3) is 0.455. The molecule has 0 saturated heterocycles. The number of nitrogens with two attached hydrogens (primary N) is 1. The first-order valence-electron chi connectivity index (χ1n) is 5.17. The number of benzene rings is 1. The third-order valence-electron chi connectivity index (χ3n) is 2.17. The fourth-order valence-electron chi connectivity index (χ4n) is 1.51. The number of anilines is 1. The van der Waals surface area contributed by atoms with Crippen LogP contribution in [0.25, 0.3) is 0 Å². The summed E-state index contributed by atoms with van der Waals surface area (Å²) >= 11 is 3.29. The van der Waals surface area contributed by atoms with Crippen LogP contribution in [0, 0.1) is 0 Å². The van der Waals surface area contributed by atoms with Gasteiger partial charge in [-0.15, -0.1) is 0 Å². The van der Waals surface area contributed by atoms with Gasteiger partial charge in [0.2, 0.25) is 0 Å². The molecule has 0 spiro atoms. The van der Waals surface area contributed by atoms with E-state index < -0.39 is 9.84 Å². The van der Waals surface area contributed by atoms with Gasteiger partial charge in [0, 0.05) is 23.9 Å². The summed E-state index contributed by atoms with van der Waals surface area (Å²) in [4.78, 5) is 0. The van der Waals surface area contributed by atoms with Crippen molar-refractivity contribution < 1.29 is 13.2 Å². The molecular weight excluding hydrogens is 306 g/mol.